The third kappa shape index (κ3) is 2.01. The fourth-order valence-corrected chi connectivity index (χ4v) is 1.81. The minimum Gasteiger partial charge on any atom is -0.496 e. The molecule has 3 nitrogen and oxygen atoms in total. The molecule has 0 spiro atoms. The first-order valence-corrected chi connectivity index (χ1v) is 5.40. The average molecular weight is 211 g/mol. The van der Waals surface area contributed by atoms with Crippen molar-refractivity contribution in [2.45, 2.75) is 4.90 Å². The lowest BCUT2D eigenvalue weighted by Gasteiger charge is -2.10. The number of hydrogen-bond donors (Lipinski definition) is 1. The second-order valence-corrected chi connectivity index (χ2v) is 3.46. The molecule has 0 fully saturated rings. The van der Waals surface area contributed by atoms with E-state index in [4.69, 9.17) is 4.74 Å². The van der Waals surface area contributed by atoms with E-state index >= 15 is 0 Å². The molecule has 0 aliphatic heterocycles. The molecule has 1 aromatic rings. The molecule has 0 aromatic heterocycles. The Kier molecular flexibility index (Phi) is 3.83. The number of hydrogen-bond acceptors (Lipinski definition) is 3. The highest BCUT2D eigenvalue weighted by atomic mass is 32.2. The zero-order chi connectivity index (χ0) is 10.6. The van der Waals surface area contributed by atoms with Gasteiger partial charge in [0.1, 0.15) is 5.75 Å². The van der Waals surface area contributed by atoms with Crippen LogP contribution in [0.2, 0.25) is 0 Å². The van der Waals surface area contributed by atoms with Crippen molar-refractivity contribution < 1.29 is 9.53 Å². The van der Waals surface area contributed by atoms with Crippen molar-refractivity contribution in [3.8, 4) is 5.75 Å². The highest BCUT2D eigenvalue weighted by molar-refractivity contribution is 7.98. The number of carbonyl (C=O) groups is 1. The van der Waals surface area contributed by atoms with Crippen LogP contribution in [0, 0.1) is 0 Å². The standard InChI is InChI=1S/C10H13NO2S/c1-11-10(12)9-7(13-2)5-4-6-8(9)14-3/h4-6H,1-3H3,(H,11,12). The van der Waals surface area contributed by atoms with Gasteiger partial charge in [0.2, 0.25) is 0 Å². The lowest BCUT2D eigenvalue weighted by molar-refractivity contribution is 0.0957. The van der Waals surface area contributed by atoms with E-state index in [1.54, 1.807) is 20.2 Å². The Morgan fingerprint density at radius 2 is 2.21 bits per heavy atom. The number of benzene rings is 1. The van der Waals surface area contributed by atoms with Crippen molar-refractivity contribution in [1.29, 1.82) is 0 Å². The predicted molar refractivity (Wildman–Crippen MR) is 58.2 cm³/mol. The topological polar surface area (TPSA) is 38.3 Å². The summed E-state index contributed by atoms with van der Waals surface area (Å²) in [6, 6.07) is 5.55. The molecule has 0 aliphatic carbocycles. The Balaban J connectivity index is 3.25. The van der Waals surface area contributed by atoms with Crippen LogP contribution in [-0.4, -0.2) is 26.3 Å². The van der Waals surface area contributed by atoms with Gasteiger partial charge < -0.3 is 10.1 Å². The van der Waals surface area contributed by atoms with Crippen molar-refractivity contribution in [3.05, 3.63) is 23.8 Å². The van der Waals surface area contributed by atoms with E-state index in [1.807, 2.05) is 18.4 Å². The van der Waals surface area contributed by atoms with Crippen LogP contribution < -0.4 is 10.1 Å². The molecule has 1 N–H and O–H groups in total. The molecule has 1 aromatic carbocycles. The van der Waals surface area contributed by atoms with Gasteiger partial charge in [-0.3, -0.25) is 4.79 Å². The molecule has 0 saturated carbocycles. The molecular formula is C10H13NO2S. The van der Waals surface area contributed by atoms with Crippen LogP contribution in [0.5, 0.6) is 5.75 Å². The molecule has 14 heavy (non-hydrogen) atoms. The molecule has 76 valence electrons. The summed E-state index contributed by atoms with van der Waals surface area (Å²) in [4.78, 5) is 12.5. The maximum atomic E-state index is 11.6. The van der Waals surface area contributed by atoms with Crippen LogP contribution in [0.25, 0.3) is 0 Å². The van der Waals surface area contributed by atoms with Crippen LogP contribution >= 0.6 is 11.8 Å². The van der Waals surface area contributed by atoms with Crippen LogP contribution in [-0.2, 0) is 0 Å². The van der Waals surface area contributed by atoms with Gasteiger partial charge in [-0.2, -0.15) is 0 Å². The van der Waals surface area contributed by atoms with E-state index in [0.717, 1.165) is 4.90 Å². The largest absolute Gasteiger partial charge is 0.496 e. The van der Waals surface area contributed by atoms with Gasteiger partial charge in [0.15, 0.2) is 0 Å². The Morgan fingerprint density at radius 3 is 2.71 bits per heavy atom. The van der Waals surface area contributed by atoms with Gasteiger partial charge in [0.05, 0.1) is 12.7 Å². The van der Waals surface area contributed by atoms with E-state index in [1.165, 1.54) is 11.8 Å². The first kappa shape index (κ1) is 10.9. The molecule has 0 heterocycles. The third-order valence-electron chi connectivity index (χ3n) is 1.88. The smallest absolute Gasteiger partial charge is 0.255 e. The Hall–Kier alpha value is -1.16. The molecule has 0 atom stereocenters. The first-order valence-electron chi connectivity index (χ1n) is 4.17. The summed E-state index contributed by atoms with van der Waals surface area (Å²) in [7, 11) is 3.17. The molecule has 0 bridgehead atoms. The zero-order valence-corrected chi connectivity index (χ0v) is 9.27. The summed E-state index contributed by atoms with van der Waals surface area (Å²) in [6.07, 6.45) is 1.93. The zero-order valence-electron chi connectivity index (χ0n) is 8.46. The number of thioether (sulfide) groups is 1. The fraction of sp³-hybridized carbons (Fsp3) is 0.300. The van der Waals surface area contributed by atoms with Crippen molar-refractivity contribution in [2.24, 2.45) is 0 Å². The van der Waals surface area contributed by atoms with Crippen molar-refractivity contribution in [1.82, 2.24) is 5.32 Å². The van der Waals surface area contributed by atoms with Gasteiger partial charge in [0, 0.05) is 11.9 Å². The van der Waals surface area contributed by atoms with Gasteiger partial charge >= 0.3 is 0 Å². The van der Waals surface area contributed by atoms with Crippen LogP contribution in [0.15, 0.2) is 23.1 Å². The predicted octanol–water partition coefficient (Wildman–Crippen LogP) is 1.78. The Morgan fingerprint density at radius 1 is 1.50 bits per heavy atom. The van der Waals surface area contributed by atoms with Gasteiger partial charge in [-0.1, -0.05) is 6.07 Å². The lowest BCUT2D eigenvalue weighted by atomic mass is 10.2. The molecular weight excluding hydrogens is 198 g/mol. The molecule has 0 unspecified atom stereocenters. The highest BCUT2D eigenvalue weighted by Crippen LogP contribution is 2.28. The summed E-state index contributed by atoms with van der Waals surface area (Å²) in [6.45, 7) is 0. The fourth-order valence-electron chi connectivity index (χ4n) is 1.20. The number of nitrogens with one attached hydrogen (secondary N) is 1. The monoisotopic (exact) mass is 211 g/mol. The average Bonchev–Trinajstić information content (AvgIpc) is 2.26. The van der Waals surface area contributed by atoms with E-state index < -0.39 is 0 Å². The number of methoxy groups -OCH3 is 1. The van der Waals surface area contributed by atoms with Crippen LogP contribution in [0.4, 0.5) is 0 Å². The third-order valence-corrected chi connectivity index (χ3v) is 2.66. The van der Waals surface area contributed by atoms with Crippen molar-refractivity contribution in [3.63, 3.8) is 0 Å². The van der Waals surface area contributed by atoms with Gasteiger partial charge in [0.25, 0.3) is 5.91 Å². The maximum absolute atomic E-state index is 11.6. The molecule has 1 rings (SSSR count). The Labute approximate surface area is 87.8 Å². The molecule has 4 heteroatoms. The Bertz CT molecular complexity index is 317. The van der Waals surface area contributed by atoms with Crippen molar-refractivity contribution in [2.75, 3.05) is 20.4 Å². The maximum Gasteiger partial charge on any atom is 0.255 e. The van der Waals surface area contributed by atoms with Gasteiger partial charge in [-0.15, -0.1) is 11.8 Å². The number of carbonyl (C=O) groups excluding carboxylic acids is 1. The van der Waals surface area contributed by atoms with Gasteiger partial charge in [-0.25, -0.2) is 0 Å². The second kappa shape index (κ2) is 4.91. The summed E-state index contributed by atoms with van der Waals surface area (Å²) in [5.74, 6) is 0.489. The number of amides is 1. The van der Waals surface area contributed by atoms with Crippen LogP contribution in [0.1, 0.15) is 10.4 Å². The summed E-state index contributed by atoms with van der Waals surface area (Å²) in [5, 5.41) is 2.60. The molecule has 0 aliphatic rings. The quantitative estimate of drug-likeness (QED) is 0.774. The first-order chi connectivity index (χ1) is 6.74. The van der Waals surface area contributed by atoms with Gasteiger partial charge in [-0.05, 0) is 18.4 Å². The summed E-state index contributed by atoms with van der Waals surface area (Å²) >= 11 is 1.53. The molecule has 1 amide bonds. The van der Waals surface area contributed by atoms with E-state index in [9.17, 15) is 4.79 Å². The van der Waals surface area contributed by atoms with Crippen LogP contribution in [0.3, 0.4) is 0 Å². The minimum absolute atomic E-state index is 0.119. The summed E-state index contributed by atoms with van der Waals surface area (Å²) in [5.41, 5.74) is 0.602. The molecule has 0 saturated heterocycles. The summed E-state index contributed by atoms with van der Waals surface area (Å²) < 4.78 is 5.14. The SMILES string of the molecule is CNC(=O)c1c(OC)cccc1SC. The number of ether oxygens (including phenoxy) is 1. The van der Waals surface area contributed by atoms with E-state index in [-0.39, 0.29) is 5.91 Å². The van der Waals surface area contributed by atoms with E-state index in [2.05, 4.69) is 5.32 Å². The minimum atomic E-state index is -0.119. The lowest BCUT2D eigenvalue weighted by Crippen LogP contribution is -2.19. The normalized spacial score (nSPS) is 9.64. The molecule has 0 radical (unpaired) electrons. The van der Waals surface area contributed by atoms with Crippen molar-refractivity contribution >= 4 is 17.7 Å². The number of rotatable bonds is 3. The highest BCUT2D eigenvalue weighted by Gasteiger charge is 2.14. The van der Waals surface area contributed by atoms with E-state index in [0.29, 0.717) is 11.3 Å². The second-order valence-electron chi connectivity index (χ2n) is 2.62.